The van der Waals surface area contributed by atoms with Crippen LogP contribution in [-0.2, 0) is 11.2 Å². The number of nitrogens with zero attached hydrogens (tertiary/aromatic N) is 2. The van der Waals surface area contributed by atoms with Gasteiger partial charge in [0.25, 0.3) is 0 Å². The molecule has 98 valence electrons. The summed E-state index contributed by atoms with van der Waals surface area (Å²) >= 11 is 0. The average Bonchev–Trinajstić information content (AvgIpc) is 2.46. The zero-order chi connectivity index (χ0) is 13.7. The van der Waals surface area contributed by atoms with Crippen LogP contribution in [0.3, 0.4) is 0 Å². The third kappa shape index (κ3) is 3.28. The minimum absolute atomic E-state index is 0.0634. The van der Waals surface area contributed by atoms with Crippen molar-refractivity contribution in [2.75, 3.05) is 0 Å². The van der Waals surface area contributed by atoms with Crippen LogP contribution in [-0.4, -0.2) is 21.0 Å². The Morgan fingerprint density at radius 1 is 1.26 bits per heavy atom. The Morgan fingerprint density at radius 2 is 1.89 bits per heavy atom. The SMILES string of the molecule is CCc1cnc(OC(C(=O)O)c2ccccc2)nc1. The van der Waals surface area contributed by atoms with Crippen LogP contribution in [0.25, 0.3) is 0 Å². The molecule has 1 aromatic carbocycles. The van der Waals surface area contributed by atoms with E-state index in [2.05, 4.69) is 9.97 Å². The summed E-state index contributed by atoms with van der Waals surface area (Å²) in [6.07, 6.45) is 2.98. The Bertz CT molecular complexity index is 540. The summed E-state index contributed by atoms with van der Waals surface area (Å²) in [5, 5.41) is 9.21. The number of carbonyl (C=O) groups is 1. The van der Waals surface area contributed by atoms with Crippen LogP contribution in [0.15, 0.2) is 42.7 Å². The van der Waals surface area contributed by atoms with Gasteiger partial charge in [0.1, 0.15) is 0 Å². The number of aliphatic carboxylic acids is 1. The molecule has 0 saturated heterocycles. The van der Waals surface area contributed by atoms with Crippen molar-refractivity contribution in [1.29, 1.82) is 0 Å². The van der Waals surface area contributed by atoms with Gasteiger partial charge >= 0.3 is 12.0 Å². The van der Waals surface area contributed by atoms with Crippen molar-refractivity contribution in [3.05, 3.63) is 53.9 Å². The summed E-state index contributed by atoms with van der Waals surface area (Å²) < 4.78 is 5.34. The molecule has 1 heterocycles. The van der Waals surface area contributed by atoms with Crippen LogP contribution in [0, 0.1) is 0 Å². The highest BCUT2D eigenvalue weighted by atomic mass is 16.5. The van der Waals surface area contributed by atoms with E-state index in [1.54, 1.807) is 36.7 Å². The summed E-state index contributed by atoms with van der Waals surface area (Å²) in [5.74, 6) is -1.07. The van der Waals surface area contributed by atoms with E-state index < -0.39 is 12.1 Å². The number of benzene rings is 1. The van der Waals surface area contributed by atoms with Crippen molar-refractivity contribution in [3.63, 3.8) is 0 Å². The Morgan fingerprint density at radius 3 is 2.42 bits per heavy atom. The van der Waals surface area contributed by atoms with E-state index in [1.165, 1.54) is 0 Å². The van der Waals surface area contributed by atoms with E-state index in [9.17, 15) is 9.90 Å². The highest BCUT2D eigenvalue weighted by molar-refractivity contribution is 5.74. The molecule has 1 N–H and O–H groups in total. The number of rotatable bonds is 5. The fourth-order valence-electron chi connectivity index (χ4n) is 1.58. The second kappa shape index (κ2) is 5.95. The largest absolute Gasteiger partial charge is 0.478 e. The molecule has 2 rings (SSSR count). The molecule has 0 aliphatic heterocycles. The first kappa shape index (κ1) is 13.0. The van der Waals surface area contributed by atoms with Gasteiger partial charge in [0.15, 0.2) is 0 Å². The first-order valence-electron chi connectivity index (χ1n) is 5.96. The van der Waals surface area contributed by atoms with Crippen molar-refractivity contribution < 1.29 is 14.6 Å². The van der Waals surface area contributed by atoms with E-state index in [-0.39, 0.29) is 6.01 Å². The van der Waals surface area contributed by atoms with E-state index in [0.29, 0.717) is 5.56 Å². The maximum atomic E-state index is 11.2. The molecule has 1 aromatic heterocycles. The van der Waals surface area contributed by atoms with Crippen LogP contribution in [0.2, 0.25) is 0 Å². The van der Waals surface area contributed by atoms with Gasteiger partial charge in [0.05, 0.1) is 0 Å². The quantitative estimate of drug-likeness (QED) is 0.890. The highest BCUT2D eigenvalue weighted by Crippen LogP contribution is 2.19. The molecule has 0 spiro atoms. The lowest BCUT2D eigenvalue weighted by molar-refractivity contribution is -0.145. The van der Waals surface area contributed by atoms with Crippen molar-refractivity contribution in [2.45, 2.75) is 19.4 Å². The number of hydrogen-bond acceptors (Lipinski definition) is 4. The summed E-state index contributed by atoms with van der Waals surface area (Å²) in [5.41, 5.74) is 1.53. The molecule has 0 bridgehead atoms. The molecule has 5 heteroatoms. The van der Waals surface area contributed by atoms with Gasteiger partial charge in [-0.25, -0.2) is 14.8 Å². The zero-order valence-electron chi connectivity index (χ0n) is 10.5. The van der Waals surface area contributed by atoms with Crippen LogP contribution < -0.4 is 4.74 Å². The number of hydrogen-bond donors (Lipinski definition) is 1. The van der Waals surface area contributed by atoms with Gasteiger partial charge in [0.2, 0.25) is 6.10 Å². The maximum absolute atomic E-state index is 11.2. The topological polar surface area (TPSA) is 72.3 Å². The first-order chi connectivity index (χ1) is 9.20. The van der Waals surface area contributed by atoms with Gasteiger partial charge in [-0.3, -0.25) is 0 Å². The Balaban J connectivity index is 2.19. The Kier molecular flexibility index (Phi) is 4.07. The van der Waals surface area contributed by atoms with Crippen LogP contribution >= 0.6 is 0 Å². The number of carboxylic acid groups (broad SMARTS) is 1. The standard InChI is InChI=1S/C14H14N2O3/c1-2-10-8-15-14(16-9-10)19-12(13(17)18)11-6-4-3-5-7-11/h3-9,12H,2H2,1H3,(H,17,18). The summed E-state index contributed by atoms with van der Waals surface area (Å²) in [7, 11) is 0. The average molecular weight is 258 g/mol. The summed E-state index contributed by atoms with van der Waals surface area (Å²) in [4.78, 5) is 19.2. The molecule has 0 radical (unpaired) electrons. The van der Waals surface area contributed by atoms with Crippen molar-refractivity contribution >= 4 is 5.97 Å². The van der Waals surface area contributed by atoms with E-state index in [0.717, 1.165) is 12.0 Å². The lowest BCUT2D eigenvalue weighted by Crippen LogP contribution is -2.19. The molecule has 0 fully saturated rings. The molecular formula is C14H14N2O3. The molecule has 1 unspecified atom stereocenters. The van der Waals surface area contributed by atoms with E-state index in [1.807, 2.05) is 13.0 Å². The molecule has 2 aromatic rings. The van der Waals surface area contributed by atoms with Crippen LogP contribution in [0.1, 0.15) is 24.2 Å². The lowest BCUT2D eigenvalue weighted by Gasteiger charge is -2.13. The van der Waals surface area contributed by atoms with E-state index >= 15 is 0 Å². The summed E-state index contributed by atoms with van der Waals surface area (Å²) in [6, 6.07) is 8.78. The Hall–Kier alpha value is -2.43. The van der Waals surface area contributed by atoms with Crippen molar-refractivity contribution in [2.24, 2.45) is 0 Å². The molecule has 0 amide bonds. The molecule has 0 aliphatic carbocycles. The highest BCUT2D eigenvalue weighted by Gasteiger charge is 2.22. The number of aromatic nitrogens is 2. The molecule has 0 saturated carbocycles. The fraction of sp³-hybridized carbons (Fsp3) is 0.214. The maximum Gasteiger partial charge on any atom is 0.349 e. The molecule has 19 heavy (non-hydrogen) atoms. The molecule has 0 aliphatic rings. The molecule has 5 nitrogen and oxygen atoms in total. The van der Waals surface area contributed by atoms with Gasteiger partial charge in [-0.15, -0.1) is 0 Å². The van der Waals surface area contributed by atoms with Crippen LogP contribution in [0.5, 0.6) is 6.01 Å². The van der Waals surface area contributed by atoms with Gasteiger partial charge in [-0.1, -0.05) is 37.3 Å². The van der Waals surface area contributed by atoms with Gasteiger partial charge in [0, 0.05) is 18.0 Å². The molecular weight excluding hydrogens is 244 g/mol. The van der Waals surface area contributed by atoms with Gasteiger partial charge in [-0.05, 0) is 12.0 Å². The lowest BCUT2D eigenvalue weighted by atomic mass is 10.1. The first-order valence-corrected chi connectivity index (χ1v) is 5.96. The zero-order valence-corrected chi connectivity index (χ0v) is 10.5. The third-order valence-electron chi connectivity index (χ3n) is 2.64. The summed E-state index contributed by atoms with van der Waals surface area (Å²) in [6.45, 7) is 1.99. The predicted molar refractivity (Wildman–Crippen MR) is 68.9 cm³/mol. The Labute approximate surface area is 110 Å². The minimum atomic E-state index is -1.10. The predicted octanol–water partition coefficient (Wildman–Crippen LogP) is 2.24. The van der Waals surface area contributed by atoms with Crippen LogP contribution in [0.4, 0.5) is 0 Å². The molecule has 1 atom stereocenters. The smallest absolute Gasteiger partial charge is 0.349 e. The van der Waals surface area contributed by atoms with E-state index in [4.69, 9.17) is 4.74 Å². The monoisotopic (exact) mass is 258 g/mol. The minimum Gasteiger partial charge on any atom is -0.478 e. The van der Waals surface area contributed by atoms with Gasteiger partial charge < -0.3 is 9.84 Å². The van der Waals surface area contributed by atoms with Crippen molar-refractivity contribution in [1.82, 2.24) is 9.97 Å². The number of carboxylic acids is 1. The van der Waals surface area contributed by atoms with Crippen molar-refractivity contribution in [3.8, 4) is 6.01 Å². The fourth-order valence-corrected chi connectivity index (χ4v) is 1.58. The number of ether oxygens (including phenoxy) is 1. The normalized spacial score (nSPS) is 11.8. The number of aryl methyl sites for hydroxylation is 1. The second-order valence-electron chi connectivity index (χ2n) is 3.97. The van der Waals surface area contributed by atoms with Gasteiger partial charge in [-0.2, -0.15) is 0 Å². The third-order valence-corrected chi connectivity index (χ3v) is 2.64. The second-order valence-corrected chi connectivity index (χ2v) is 3.97.